The summed E-state index contributed by atoms with van der Waals surface area (Å²) >= 11 is 8.96. The van der Waals surface area contributed by atoms with Crippen LogP contribution in [0.15, 0.2) is 48.5 Å². The summed E-state index contributed by atoms with van der Waals surface area (Å²) in [4.78, 5) is 12.1. The number of thioether (sulfide) groups is 1. The zero-order valence-electron chi connectivity index (χ0n) is 14.4. The number of carbonyl (C=O) groups is 1. The first-order chi connectivity index (χ1) is 13.1. The topological polar surface area (TPSA) is 76.1 Å². The number of nitrogens with one attached hydrogen (secondary N) is 2. The van der Waals surface area contributed by atoms with Crippen molar-refractivity contribution in [2.75, 3.05) is 17.7 Å². The highest BCUT2D eigenvalue weighted by atomic mass is 35.5. The molecule has 0 aliphatic rings. The molecule has 0 aliphatic heterocycles. The van der Waals surface area contributed by atoms with Crippen LogP contribution in [0.5, 0.6) is 5.75 Å². The Morgan fingerprint density at radius 3 is 2.67 bits per heavy atom. The van der Waals surface area contributed by atoms with Crippen molar-refractivity contribution in [3.8, 4) is 5.75 Å². The summed E-state index contributed by atoms with van der Waals surface area (Å²) in [6.07, 6.45) is 0. The fraction of sp³-hybridized carbons (Fsp3) is 0.167. The highest BCUT2D eigenvalue weighted by Gasteiger charge is 2.10. The molecular formula is C18H17ClN4O2S2. The van der Waals surface area contributed by atoms with Gasteiger partial charge in [-0.1, -0.05) is 47.2 Å². The van der Waals surface area contributed by atoms with E-state index < -0.39 is 6.03 Å². The molecule has 9 heteroatoms. The van der Waals surface area contributed by atoms with Gasteiger partial charge >= 0.3 is 6.03 Å². The van der Waals surface area contributed by atoms with E-state index in [-0.39, 0.29) is 0 Å². The number of hydrogen-bond acceptors (Lipinski definition) is 6. The molecule has 0 bridgehead atoms. The van der Waals surface area contributed by atoms with Crippen molar-refractivity contribution in [2.24, 2.45) is 0 Å². The van der Waals surface area contributed by atoms with Crippen LogP contribution in [0.25, 0.3) is 0 Å². The number of benzene rings is 2. The summed E-state index contributed by atoms with van der Waals surface area (Å²) in [7, 11) is 1.55. The standard InChI is InChI=1S/C18H17ClN4O2S2/c1-25-15-5-3-2-4-14(15)20-17(24)21-18-23-22-16(27-18)11-26-10-12-6-8-13(19)9-7-12/h2-9H,10-11H2,1H3,(H2,20,21,23,24). The molecule has 1 heterocycles. The lowest BCUT2D eigenvalue weighted by Gasteiger charge is -2.09. The molecule has 6 nitrogen and oxygen atoms in total. The Bertz CT molecular complexity index is 902. The Morgan fingerprint density at radius 1 is 1.11 bits per heavy atom. The van der Waals surface area contributed by atoms with Gasteiger partial charge in [0, 0.05) is 16.5 Å². The van der Waals surface area contributed by atoms with Crippen LogP contribution in [-0.4, -0.2) is 23.3 Å². The number of amides is 2. The lowest BCUT2D eigenvalue weighted by Crippen LogP contribution is -2.19. The number of anilines is 2. The van der Waals surface area contributed by atoms with Crippen LogP contribution >= 0.6 is 34.7 Å². The van der Waals surface area contributed by atoms with E-state index in [1.165, 1.54) is 16.9 Å². The number of methoxy groups -OCH3 is 1. The molecule has 1 aromatic heterocycles. The molecule has 0 radical (unpaired) electrons. The first-order valence-corrected chi connectivity index (χ1v) is 10.3. The SMILES string of the molecule is COc1ccccc1NC(=O)Nc1nnc(CSCc2ccc(Cl)cc2)s1. The molecule has 0 aliphatic carbocycles. The van der Waals surface area contributed by atoms with Gasteiger partial charge in [0.25, 0.3) is 0 Å². The van der Waals surface area contributed by atoms with Gasteiger partial charge in [0.05, 0.1) is 12.8 Å². The second kappa shape index (κ2) is 9.59. The average molecular weight is 421 g/mol. The summed E-state index contributed by atoms with van der Waals surface area (Å²) in [5.74, 6) is 2.16. The number of ether oxygens (including phenoxy) is 1. The normalized spacial score (nSPS) is 10.4. The van der Waals surface area contributed by atoms with E-state index in [0.717, 1.165) is 21.5 Å². The zero-order chi connectivity index (χ0) is 19.1. The van der Waals surface area contributed by atoms with Crippen LogP contribution in [0.2, 0.25) is 5.02 Å². The van der Waals surface area contributed by atoms with E-state index in [4.69, 9.17) is 16.3 Å². The Hall–Kier alpha value is -2.29. The number of para-hydroxylation sites is 2. The van der Waals surface area contributed by atoms with Crippen LogP contribution in [0.1, 0.15) is 10.6 Å². The third kappa shape index (κ3) is 5.85. The van der Waals surface area contributed by atoms with Crippen LogP contribution in [-0.2, 0) is 11.5 Å². The second-order valence-electron chi connectivity index (χ2n) is 5.40. The number of nitrogens with zero attached hydrogens (tertiary/aromatic N) is 2. The van der Waals surface area contributed by atoms with Crippen molar-refractivity contribution in [3.05, 3.63) is 64.1 Å². The first kappa shape index (κ1) is 19.5. The summed E-state index contributed by atoms with van der Waals surface area (Å²) in [6, 6.07) is 14.6. The molecule has 3 aromatic rings. The van der Waals surface area contributed by atoms with E-state index in [0.29, 0.717) is 16.6 Å². The predicted molar refractivity (Wildman–Crippen MR) is 112 cm³/mol. The molecular weight excluding hydrogens is 404 g/mol. The molecule has 0 spiro atoms. The lowest BCUT2D eigenvalue weighted by molar-refractivity contribution is 0.262. The Balaban J connectivity index is 1.48. The molecule has 2 amide bonds. The van der Waals surface area contributed by atoms with Crippen LogP contribution in [0.4, 0.5) is 15.6 Å². The summed E-state index contributed by atoms with van der Waals surface area (Å²) in [5.41, 5.74) is 1.78. The number of halogens is 1. The number of urea groups is 1. The van der Waals surface area contributed by atoms with E-state index in [9.17, 15) is 4.79 Å². The van der Waals surface area contributed by atoms with Gasteiger partial charge in [-0.25, -0.2) is 4.79 Å². The fourth-order valence-corrected chi connectivity index (χ4v) is 4.10. The molecule has 140 valence electrons. The fourth-order valence-electron chi connectivity index (χ4n) is 2.20. The van der Waals surface area contributed by atoms with Crippen molar-refractivity contribution in [1.29, 1.82) is 0 Å². The minimum Gasteiger partial charge on any atom is -0.495 e. The quantitative estimate of drug-likeness (QED) is 0.544. The molecule has 0 fully saturated rings. The molecule has 0 saturated carbocycles. The minimum atomic E-state index is -0.393. The van der Waals surface area contributed by atoms with E-state index in [1.54, 1.807) is 31.0 Å². The molecule has 2 N–H and O–H groups in total. The van der Waals surface area contributed by atoms with Gasteiger partial charge in [-0.2, -0.15) is 0 Å². The smallest absolute Gasteiger partial charge is 0.325 e. The predicted octanol–water partition coefficient (Wildman–Crippen LogP) is 5.28. The minimum absolute atomic E-state index is 0.393. The van der Waals surface area contributed by atoms with Crippen molar-refractivity contribution in [3.63, 3.8) is 0 Å². The highest BCUT2D eigenvalue weighted by molar-refractivity contribution is 7.97. The van der Waals surface area contributed by atoms with Crippen molar-refractivity contribution < 1.29 is 9.53 Å². The molecule has 3 rings (SSSR count). The molecule has 0 atom stereocenters. The first-order valence-electron chi connectivity index (χ1n) is 7.99. The highest BCUT2D eigenvalue weighted by Crippen LogP contribution is 2.25. The molecule has 0 unspecified atom stereocenters. The maximum Gasteiger partial charge on any atom is 0.325 e. The summed E-state index contributed by atoms with van der Waals surface area (Å²) < 4.78 is 5.21. The van der Waals surface area contributed by atoms with Gasteiger partial charge in [-0.05, 0) is 29.8 Å². The third-order valence-corrected chi connectivity index (χ3v) is 5.74. The van der Waals surface area contributed by atoms with E-state index in [1.807, 2.05) is 36.4 Å². The Kier molecular flexibility index (Phi) is 6.92. The monoisotopic (exact) mass is 420 g/mol. The largest absolute Gasteiger partial charge is 0.495 e. The average Bonchev–Trinajstić information content (AvgIpc) is 3.11. The maximum absolute atomic E-state index is 12.1. The summed E-state index contributed by atoms with van der Waals surface area (Å²) in [5, 5.41) is 15.6. The van der Waals surface area contributed by atoms with Gasteiger partial charge < -0.3 is 10.1 Å². The van der Waals surface area contributed by atoms with E-state index in [2.05, 4.69) is 20.8 Å². The molecule has 0 saturated heterocycles. The Labute approximate surface area is 170 Å². The van der Waals surface area contributed by atoms with Gasteiger partial charge in [0.2, 0.25) is 5.13 Å². The van der Waals surface area contributed by atoms with Crippen molar-refractivity contribution in [2.45, 2.75) is 11.5 Å². The molecule has 27 heavy (non-hydrogen) atoms. The van der Waals surface area contributed by atoms with Gasteiger partial charge in [0.15, 0.2) is 0 Å². The zero-order valence-corrected chi connectivity index (χ0v) is 16.8. The number of carbonyl (C=O) groups excluding carboxylic acids is 1. The van der Waals surface area contributed by atoms with Crippen molar-refractivity contribution in [1.82, 2.24) is 10.2 Å². The molecule has 2 aromatic carbocycles. The van der Waals surface area contributed by atoms with Crippen LogP contribution in [0.3, 0.4) is 0 Å². The Morgan fingerprint density at radius 2 is 1.89 bits per heavy atom. The van der Waals surface area contributed by atoms with Crippen molar-refractivity contribution >= 4 is 51.5 Å². The van der Waals surface area contributed by atoms with E-state index >= 15 is 0 Å². The van der Waals surface area contributed by atoms with Gasteiger partial charge in [-0.3, -0.25) is 5.32 Å². The van der Waals surface area contributed by atoms with Gasteiger partial charge in [-0.15, -0.1) is 22.0 Å². The second-order valence-corrected chi connectivity index (χ2v) is 7.88. The van der Waals surface area contributed by atoms with Crippen LogP contribution in [0, 0.1) is 0 Å². The third-order valence-electron chi connectivity index (χ3n) is 3.45. The number of rotatable bonds is 7. The number of hydrogen-bond donors (Lipinski definition) is 2. The summed E-state index contributed by atoms with van der Waals surface area (Å²) in [6.45, 7) is 0. The maximum atomic E-state index is 12.1. The lowest BCUT2D eigenvalue weighted by atomic mass is 10.2. The van der Waals surface area contributed by atoms with Gasteiger partial charge in [0.1, 0.15) is 10.8 Å². The number of aromatic nitrogens is 2. The van der Waals surface area contributed by atoms with Crippen LogP contribution < -0.4 is 15.4 Å².